The van der Waals surface area contributed by atoms with Gasteiger partial charge in [0.2, 0.25) is 5.75 Å². The van der Waals surface area contributed by atoms with E-state index in [4.69, 9.17) is 4.74 Å². The van der Waals surface area contributed by atoms with E-state index in [0.717, 1.165) is 38.5 Å². The van der Waals surface area contributed by atoms with Gasteiger partial charge in [-0.2, -0.15) is 0 Å². The molecule has 2 fully saturated rings. The molecule has 1 aromatic rings. The van der Waals surface area contributed by atoms with Crippen molar-refractivity contribution >= 4 is 0 Å². The van der Waals surface area contributed by atoms with Crippen molar-refractivity contribution in [2.75, 3.05) is 6.61 Å². The fraction of sp³-hybridized carbons (Fsp3) is 0.667. The van der Waals surface area contributed by atoms with Gasteiger partial charge < -0.3 is 9.47 Å². The number of halogens is 4. The van der Waals surface area contributed by atoms with Crippen LogP contribution in [0.15, 0.2) is 12.1 Å². The molecule has 2 saturated carbocycles. The molecule has 0 aliphatic heterocycles. The summed E-state index contributed by atoms with van der Waals surface area (Å²) >= 11 is 0. The van der Waals surface area contributed by atoms with Gasteiger partial charge in [0, 0.05) is 0 Å². The van der Waals surface area contributed by atoms with Crippen molar-refractivity contribution < 1.29 is 27.0 Å². The lowest BCUT2D eigenvalue weighted by molar-refractivity contribution is -0.276. The number of hydrogen-bond donors (Lipinski definition) is 0. The zero-order valence-corrected chi connectivity index (χ0v) is 13.5. The van der Waals surface area contributed by atoms with Gasteiger partial charge in [-0.1, -0.05) is 44.6 Å². The average Bonchev–Trinajstić information content (AvgIpc) is 2.40. The van der Waals surface area contributed by atoms with Crippen LogP contribution in [0.25, 0.3) is 0 Å². The molecule has 0 aromatic heterocycles. The highest BCUT2D eigenvalue weighted by molar-refractivity contribution is 5.45. The van der Waals surface area contributed by atoms with Gasteiger partial charge in [0.05, 0.1) is 6.61 Å². The first-order valence-corrected chi connectivity index (χ1v) is 8.62. The Kier molecular flexibility index (Phi) is 5.21. The molecular formula is C18H22F4O2. The third-order valence-electron chi connectivity index (χ3n) is 5.10. The first-order valence-electron chi connectivity index (χ1n) is 8.62. The van der Waals surface area contributed by atoms with Gasteiger partial charge in [0.25, 0.3) is 0 Å². The van der Waals surface area contributed by atoms with Crippen LogP contribution in [0.1, 0.15) is 50.5 Å². The highest BCUT2D eigenvalue weighted by Gasteiger charge is 2.35. The normalized spacial score (nSPS) is 18.8. The maximum absolute atomic E-state index is 14.5. The van der Waals surface area contributed by atoms with Crippen LogP contribution < -0.4 is 9.47 Å². The van der Waals surface area contributed by atoms with Crippen LogP contribution in [0.2, 0.25) is 0 Å². The lowest BCUT2D eigenvalue weighted by Gasteiger charge is -2.26. The molecule has 0 amide bonds. The molecule has 0 bridgehead atoms. The summed E-state index contributed by atoms with van der Waals surface area (Å²) in [5.74, 6) is -1.02. The van der Waals surface area contributed by atoms with E-state index in [-0.39, 0.29) is 17.9 Å². The molecule has 1 aromatic carbocycles. The lowest BCUT2D eigenvalue weighted by atomic mass is 9.81. The SMILES string of the molecule is Fc1c(CC2CCC2)ccc(OCCC2CCC2)c1OC(F)(F)F. The number of alkyl halides is 3. The second-order valence-electron chi connectivity index (χ2n) is 6.85. The summed E-state index contributed by atoms with van der Waals surface area (Å²) in [7, 11) is 0. The molecule has 0 heterocycles. The predicted octanol–water partition coefficient (Wildman–Crippen LogP) is 5.64. The third-order valence-corrected chi connectivity index (χ3v) is 5.10. The Morgan fingerprint density at radius 1 is 1.00 bits per heavy atom. The van der Waals surface area contributed by atoms with E-state index < -0.39 is 17.9 Å². The minimum absolute atomic E-state index is 0.165. The molecule has 6 heteroatoms. The average molecular weight is 346 g/mol. The van der Waals surface area contributed by atoms with Crippen molar-refractivity contribution in [2.45, 2.75) is 57.7 Å². The second kappa shape index (κ2) is 7.19. The Labute approximate surface area is 139 Å². The molecule has 0 N–H and O–H groups in total. The van der Waals surface area contributed by atoms with Crippen LogP contribution in [0.5, 0.6) is 11.5 Å². The molecule has 2 nitrogen and oxygen atoms in total. The quantitative estimate of drug-likeness (QED) is 0.595. The number of rotatable bonds is 7. The van der Waals surface area contributed by atoms with Crippen molar-refractivity contribution in [3.05, 3.63) is 23.5 Å². The van der Waals surface area contributed by atoms with Crippen LogP contribution in [0.3, 0.4) is 0 Å². The second-order valence-corrected chi connectivity index (χ2v) is 6.85. The van der Waals surface area contributed by atoms with E-state index >= 15 is 0 Å². The topological polar surface area (TPSA) is 18.5 Å². The molecule has 0 spiro atoms. The standard InChI is InChI=1S/C18H22F4O2/c19-16-14(11-13-5-2-6-13)7-8-15(17(16)24-18(20,21)22)23-10-9-12-3-1-4-12/h7-8,12-13H,1-6,9-11H2. The zero-order chi connectivity index (χ0) is 17.2. The maximum atomic E-state index is 14.5. The van der Waals surface area contributed by atoms with Gasteiger partial charge >= 0.3 is 6.36 Å². The Balaban J connectivity index is 1.72. The van der Waals surface area contributed by atoms with Crippen molar-refractivity contribution in [1.82, 2.24) is 0 Å². The van der Waals surface area contributed by atoms with E-state index in [0.29, 0.717) is 18.3 Å². The Hall–Kier alpha value is -1.46. The summed E-state index contributed by atoms with van der Waals surface area (Å²) in [5.41, 5.74) is 0.269. The monoisotopic (exact) mass is 346 g/mol. The minimum atomic E-state index is -4.94. The van der Waals surface area contributed by atoms with E-state index in [1.807, 2.05) is 0 Å². The zero-order valence-electron chi connectivity index (χ0n) is 13.5. The molecule has 24 heavy (non-hydrogen) atoms. The van der Waals surface area contributed by atoms with Gasteiger partial charge in [0.15, 0.2) is 11.6 Å². The van der Waals surface area contributed by atoms with Gasteiger partial charge in [-0.3, -0.25) is 0 Å². The van der Waals surface area contributed by atoms with Crippen LogP contribution in [-0.4, -0.2) is 13.0 Å². The van der Waals surface area contributed by atoms with Crippen molar-refractivity contribution in [3.63, 3.8) is 0 Å². The Bertz CT molecular complexity index is 563. The smallest absolute Gasteiger partial charge is 0.490 e. The minimum Gasteiger partial charge on any atom is -0.490 e. The van der Waals surface area contributed by atoms with E-state index in [1.54, 1.807) is 0 Å². The predicted molar refractivity (Wildman–Crippen MR) is 81.6 cm³/mol. The van der Waals surface area contributed by atoms with Crippen LogP contribution in [-0.2, 0) is 6.42 Å². The molecular weight excluding hydrogens is 324 g/mol. The van der Waals surface area contributed by atoms with Gasteiger partial charge in [0.1, 0.15) is 0 Å². The summed E-state index contributed by atoms with van der Waals surface area (Å²) in [6.07, 6.45) is 2.82. The lowest BCUT2D eigenvalue weighted by Crippen LogP contribution is -2.20. The largest absolute Gasteiger partial charge is 0.573 e. The van der Waals surface area contributed by atoms with Gasteiger partial charge in [-0.25, -0.2) is 4.39 Å². The van der Waals surface area contributed by atoms with Crippen molar-refractivity contribution in [2.24, 2.45) is 11.8 Å². The molecule has 2 aliphatic rings. The van der Waals surface area contributed by atoms with Crippen LogP contribution in [0, 0.1) is 17.7 Å². The molecule has 0 atom stereocenters. The molecule has 3 rings (SSSR count). The first kappa shape index (κ1) is 17.4. The molecule has 0 unspecified atom stereocenters. The number of hydrogen-bond acceptors (Lipinski definition) is 2. The summed E-state index contributed by atoms with van der Waals surface area (Å²) in [5, 5.41) is 0. The summed E-state index contributed by atoms with van der Waals surface area (Å²) in [4.78, 5) is 0. The van der Waals surface area contributed by atoms with Crippen molar-refractivity contribution in [1.29, 1.82) is 0 Å². The summed E-state index contributed by atoms with van der Waals surface area (Å²) in [6, 6.07) is 2.93. The number of benzene rings is 1. The van der Waals surface area contributed by atoms with Gasteiger partial charge in [-0.15, -0.1) is 13.2 Å². The Morgan fingerprint density at radius 2 is 1.67 bits per heavy atom. The molecule has 134 valence electrons. The molecule has 0 radical (unpaired) electrons. The first-order chi connectivity index (χ1) is 11.4. The van der Waals surface area contributed by atoms with Crippen LogP contribution in [0.4, 0.5) is 17.6 Å². The van der Waals surface area contributed by atoms with E-state index in [2.05, 4.69) is 4.74 Å². The maximum Gasteiger partial charge on any atom is 0.573 e. The third kappa shape index (κ3) is 4.33. The molecule has 0 saturated heterocycles. The van der Waals surface area contributed by atoms with E-state index in [9.17, 15) is 17.6 Å². The summed E-state index contributed by atoms with van der Waals surface area (Å²) in [6.45, 7) is 0.278. The van der Waals surface area contributed by atoms with Crippen LogP contribution >= 0.6 is 0 Å². The fourth-order valence-corrected chi connectivity index (χ4v) is 3.19. The molecule has 2 aliphatic carbocycles. The van der Waals surface area contributed by atoms with Gasteiger partial charge in [-0.05, 0) is 36.3 Å². The highest BCUT2D eigenvalue weighted by atomic mass is 19.4. The Morgan fingerprint density at radius 3 is 2.21 bits per heavy atom. The van der Waals surface area contributed by atoms with E-state index in [1.165, 1.54) is 18.6 Å². The van der Waals surface area contributed by atoms with Crippen molar-refractivity contribution in [3.8, 4) is 11.5 Å². The summed E-state index contributed by atoms with van der Waals surface area (Å²) < 4.78 is 61.8. The fourth-order valence-electron chi connectivity index (χ4n) is 3.19. The highest BCUT2D eigenvalue weighted by Crippen LogP contribution is 2.39. The number of ether oxygens (including phenoxy) is 2.